The van der Waals surface area contributed by atoms with Gasteiger partial charge >= 0.3 is 0 Å². The maximum Gasteiger partial charge on any atom is 0.282 e. The molecule has 2 aromatic carbocycles. The predicted molar refractivity (Wildman–Crippen MR) is 102 cm³/mol. The molecule has 0 saturated carbocycles. The monoisotopic (exact) mass is 407 g/mol. The number of anilines is 1. The van der Waals surface area contributed by atoms with Crippen LogP contribution in [0.25, 0.3) is 0 Å². The molecule has 6 nitrogen and oxygen atoms in total. The minimum absolute atomic E-state index is 0.0212. The number of halogens is 2. The van der Waals surface area contributed by atoms with Crippen molar-refractivity contribution in [3.05, 3.63) is 84.8 Å². The number of amides is 1. The van der Waals surface area contributed by atoms with Crippen LogP contribution < -0.4 is 5.32 Å². The van der Waals surface area contributed by atoms with Gasteiger partial charge in [0, 0.05) is 23.6 Å². The zero-order valence-corrected chi connectivity index (χ0v) is 15.4. The highest BCUT2D eigenvalue weighted by atomic mass is 35.5. The largest absolute Gasteiger partial charge is 0.298 e. The van der Waals surface area contributed by atoms with E-state index < -0.39 is 10.8 Å². The molecule has 0 aliphatic heterocycles. The molecule has 1 N–H and O–H groups in total. The molecule has 132 valence electrons. The molecule has 0 radical (unpaired) electrons. The summed E-state index contributed by atoms with van der Waals surface area (Å²) in [6.45, 7) is 0. The number of nitro groups is 1. The van der Waals surface area contributed by atoms with Crippen molar-refractivity contribution in [1.82, 2.24) is 4.98 Å². The van der Waals surface area contributed by atoms with Crippen LogP contribution in [0.2, 0.25) is 10.0 Å². The van der Waals surface area contributed by atoms with Gasteiger partial charge in [-0.05, 0) is 17.7 Å². The quantitative estimate of drug-likeness (QED) is 0.464. The van der Waals surface area contributed by atoms with Gasteiger partial charge in [-0.2, -0.15) is 0 Å². The summed E-state index contributed by atoms with van der Waals surface area (Å²) in [7, 11) is 0. The second-order valence-electron chi connectivity index (χ2n) is 5.25. The summed E-state index contributed by atoms with van der Waals surface area (Å²) >= 11 is 13.5. The Bertz CT molecular complexity index is 991. The van der Waals surface area contributed by atoms with Gasteiger partial charge in [-0.15, -0.1) is 11.3 Å². The van der Waals surface area contributed by atoms with E-state index in [1.807, 2.05) is 12.1 Å². The number of aromatic nitrogens is 1. The third kappa shape index (κ3) is 4.01. The van der Waals surface area contributed by atoms with E-state index in [1.165, 1.54) is 29.5 Å². The minimum atomic E-state index is -0.594. The first-order valence-electron chi connectivity index (χ1n) is 7.38. The molecular formula is C17H11Cl2N3O3S. The lowest BCUT2D eigenvalue weighted by atomic mass is 10.1. The molecule has 0 fully saturated rings. The number of benzene rings is 2. The first-order chi connectivity index (χ1) is 12.5. The maximum absolute atomic E-state index is 12.3. The highest BCUT2D eigenvalue weighted by molar-refractivity contribution is 7.15. The van der Waals surface area contributed by atoms with Crippen LogP contribution in [0.5, 0.6) is 0 Å². The topological polar surface area (TPSA) is 85.1 Å². The average molecular weight is 408 g/mol. The predicted octanol–water partition coefficient (Wildman–Crippen LogP) is 5.20. The fourth-order valence-corrected chi connectivity index (χ4v) is 3.53. The van der Waals surface area contributed by atoms with Gasteiger partial charge in [0.05, 0.1) is 15.0 Å². The van der Waals surface area contributed by atoms with Crippen molar-refractivity contribution in [2.45, 2.75) is 6.42 Å². The molecule has 26 heavy (non-hydrogen) atoms. The number of hydrogen-bond acceptors (Lipinski definition) is 5. The summed E-state index contributed by atoms with van der Waals surface area (Å²) in [5.74, 6) is -0.584. The molecule has 0 spiro atoms. The van der Waals surface area contributed by atoms with E-state index in [4.69, 9.17) is 23.2 Å². The van der Waals surface area contributed by atoms with E-state index in [9.17, 15) is 14.9 Å². The molecule has 0 atom stereocenters. The zero-order chi connectivity index (χ0) is 18.7. The standard InChI is InChI=1S/C17H11Cl2N3O3S/c18-13-6-3-4-10(15(13)19)8-11-9-20-17(26-11)21-16(23)12-5-1-2-7-14(12)22(24)25/h1-7,9H,8H2,(H,20,21,23). The Hall–Kier alpha value is -2.48. The van der Waals surface area contributed by atoms with Gasteiger partial charge in [-0.1, -0.05) is 47.5 Å². The number of hydrogen-bond donors (Lipinski definition) is 1. The van der Waals surface area contributed by atoms with Crippen LogP contribution in [0.4, 0.5) is 10.8 Å². The third-order valence-corrected chi connectivity index (χ3v) is 5.29. The number of nitrogens with zero attached hydrogens (tertiary/aromatic N) is 2. The Morgan fingerprint density at radius 2 is 1.96 bits per heavy atom. The van der Waals surface area contributed by atoms with Crippen LogP contribution in [-0.4, -0.2) is 15.8 Å². The summed E-state index contributed by atoms with van der Waals surface area (Å²) in [6, 6.07) is 11.1. The number of nitrogens with one attached hydrogen (secondary N) is 1. The van der Waals surface area contributed by atoms with Crippen molar-refractivity contribution in [3.63, 3.8) is 0 Å². The molecule has 0 aliphatic carbocycles. The fraction of sp³-hybridized carbons (Fsp3) is 0.0588. The van der Waals surface area contributed by atoms with Crippen molar-refractivity contribution in [3.8, 4) is 0 Å². The smallest absolute Gasteiger partial charge is 0.282 e. The third-order valence-electron chi connectivity index (χ3n) is 3.52. The average Bonchev–Trinajstić information content (AvgIpc) is 3.06. The molecule has 0 aliphatic rings. The summed E-state index contributed by atoms with van der Waals surface area (Å²) in [5, 5.41) is 14.9. The summed E-state index contributed by atoms with van der Waals surface area (Å²) in [4.78, 5) is 27.8. The highest BCUT2D eigenvalue weighted by Gasteiger charge is 2.20. The molecule has 1 heterocycles. The molecule has 0 unspecified atom stereocenters. The van der Waals surface area contributed by atoms with Crippen LogP contribution in [-0.2, 0) is 6.42 Å². The van der Waals surface area contributed by atoms with Gasteiger partial charge in [0.1, 0.15) is 5.56 Å². The summed E-state index contributed by atoms with van der Waals surface area (Å²) in [5.41, 5.74) is 0.569. The van der Waals surface area contributed by atoms with Gasteiger partial charge in [0.2, 0.25) is 0 Å². The lowest BCUT2D eigenvalue weighted by Crippen LogP contribution is -2.13. The number of carbonyl (C=O) groups is 1. The van der Waals surface area contributed by atoms with Gasteiger partial charge in [-0.3, -0.25) is 20.2 Å². The SMILES string of the molecule is O=C(Nc1ncc(Cc2cccc(Cl)c2Cl)s1)c1ccccc1[N+](=O)[O-]. The summed E-state index contributed by atoms with van der Waals surface area (Å²) < 4.78 is 0. The van der Waals surface area contributed by atoms with E-state index in [2.05, 4.69) is 10.3 Å². The number of para-hydroxylation sites is 1. The van der Waals surface area contributed by atoms with E-state index in [1.54, 1.807) is 18.3 Å². The number of thiazole rings is 1. The van der Waals surface area contributed by atoms with E-state index in [0.29, 0.717) is 21.6 Å². The van der Waals surface area contributed by atoms with Gasteiger partial charge in [0.25, 0.3) is 11.6 Å². The molecular weight excluding hydrogens is 397 g/mol. The van der Waals surface area contributed by atoms with Crippen LogP contribution in [0, 0.1) is 10.1 Å². The normalized spacial score (nSPS) is 10.5. The van der Waals surface area contributed by atoms with Gasteiger partial charge in [0.15, 0.2) is 5.13 Å². The molecule has 3 rings (SSSR count). The number of nitro benzene ring substituents is 1. The van der Waals surface area contributed by atoms with Gasteiger partial charge < -0.3 is 0 Å². The minimum Gasteiger partial charge on any atom is -0.298 e. The lowest BCUT2D eigenvalue weighted by molar-refractivity contribution is -0.385. The fourth-order valence-electron chi connectivity index (χ4n) is 2.31. The molecule has 0 saturated heterocycles. The number of rotatable bonds is 5. The van der Waals surface area contributed by atoms with Gasteiger partial charge in [-0.25, -0.2) is 4.98 Å². The van der Waals surface area contributed by atoms with Crippen LogP contribution in [0.3, 0.4) is 0 Å². The Kier molecular flexibility index (Phi) is 5.51. The van der Waals surface area contributed by atoms with Crippen molar-refractivity contribution in [2.75, 3.05) is 5.32 Å². The summed E-state index contributed by atoms with van der Waals surface area (Å²) in [6.07, 6.45) is 2.13. The van der Waals surface area contributed by atoms with Crippen molar-refractivity contribution in [2.24, 2.45) is 0 Å². The zero-order valence-electron chi connectivity index (χ0n) is 13.1. The second kappa shape index (κ2) is 7.82. The lowest BCUT2D eigenvalue weighted by Gasteiger charge is -2.04. The van der Waals surface area contributed by atoms with E-state index >= 15 is 0 Å². The first-order valence-corrected chi connectivity index (χ1v) is 8.95. The van der Waals surface area contributed by atoms with Crippen LogP contribution >= 0.6 is 34.5 Å². The first kappa shape index (κ1) is 18.3. The molecule has 0 bridgehead atoms. The van der Waals surface area contributed by atoms with Crippen molar-refractivity contribution < 1.29 is 9.72 Å². The molecule has 9 heteroatoms. The van der Waals surface area contributed by atoms with Crippen LogP contribution in [0.15, 0.2) is 48.7 Å². The second-order valence-corrected chi connectivity index (χ2v) is 7.15. The van der Waals surface area contributed by atoms with E-state index in [-0.39, 0.29) is 11.3 Å². The van der Waals surface area contributed by atoms with Crippen LogP contribution in [0.1, 0.15) is 20.8 Å². The molecule has 3 aromatic rings. The van der Waals surface area contributed by atoms with E-state index in [0.717, 1.165) is 10.4 Å². The van der Waals surface area contributed by atoms with Crippen molar-refractivity contribution >= 4 is 51.3 Å². The Morgan fingerprint density at radius 3 is 2.73 bits per heavy atom. The Balaban J connectivity index is 1.76. The Morgan fingerprint density at radius 1 is 1.19 bits per heavy atom. The maximum atomic E-state index is 12.3. The Labute approximate surface area is 162 Å². The molecule has 1 amide bonds. The highest BCUT2D eigenvalue weighted by Crippen LogP contribution is 2.30. The number of carbonyl (C=O) groups excluding carboxylic acids is 1. The molecule has 1 aromatic heterocycles. The van der Waals surface area contributed by atoms with Crippen molar-refractivity contribution in [1.29, 1.82) is 0 Å².